The van der Waals surface area contributed by atoms with E-state index in [9.17, 15) is 0 Å². The standard InChI is InChI=1S/C9H15I/c1-2-3-4-5-6-7-8-9-10/h6-9H,2-5H2,1H3. The van der Waals surface area contributed by atoms with Gasteiger partial charge in [0.15, 0.2) is 0 Å². The molecule has 1 heteroatoms. The molecule has 0 aromatic rings. The minimum absolute atomic E-state index is 1.23. The normalized spacial score (nSPS) is 11.8. The Balaban J connectivity index is 3.02. The predicted octanol–water partition coefficient (Wildman–Crippen LogP) is 4.07. The van der Waals surface area contributed by atoms with Crippen molar-refractivity contribution >= 4 is 22.6 Å². The summed E-state index contributed by atoms with van der Waals surface area (Å²) in [6.07, 6.45) is 11.6. The molecule has 0 amide bonds. The Morgan fingerprint density at radius 3 is 2.60 bits per heavy atom. The lowest BCUT2D eigenvalue weighted by Gasteiger charge is -1.89. The Morgan fingerprint density at radius 1 is 1.20 bits per heavy atom. The highest BCUT2D eigenvalue weighted by Gasteiger charge is 1.79. The topological polar surface area (TPSA) is 0 Å². The molecule has 0 aliphatic carbocycles. The van der Waals surface area contributed by atoms with Gasteiger partial charge in [-0.3, -0.25) is 0 Å². The zero-order chi connectivity index (χ0) is 7.66. The minimum Gasteiger partial charge on any atom is -0.0845 e. The molecule has 0 saturated heterocycles. The second-order valence-corrected chi connectivity index (χ2v) is 2.96. The predicted molar refractivity (Wildman–Crippen MR) is 56.4 cm³/mol. The molecule has 58 valence electrons. The van der Waals surface area contributed by atoms with E-state index in [-0.39, 0.29) is 0 Å². The van der Waals surface area contributed by atoms with Gasteiger partial charge in [0.05, 0.1) is 0 Å². The van der Waals surface area contributed by atoms with Crippen molar-refractivity contribution in [2.75, 3.05) is 0 Å². The second kappa shape index (κ2) is 9.21. The Labute approximate surface area is 77.5 Å². The van der Waals surface area contributed by atoms with Gasteiger partial charge in [-0.1, -0.05) is 60.6 Å². The van der Waals surface area contributed by atoms with E-state index in [2.05, 4.69) is 47.7 Å². The highest BCUT2D eigenvalue weighted by Crippen LogP contribution is 1.99. The third-order valence-corrected chi connectivity index (χ3v) is 1.71. The molecule has 0 spiro atoms. The first-order chi connectivity index (χ1) is 4.91. The summed E-state index contributed by atoms with van der Waals surface area (Å²) in [6, 6.07) is 0. The molecular formula is C9H15I. The van der Waals surface area contributed by atoms with Crippen molar-refractivity contribution in [1.29, 1.82) is 0 Å². The molecular weight excluding hydrogens is 235 g/mol. The van der Waals surface area contributed by atoms with Crippen LogP contribution >= 0.6 is 22.6 Å². The average Bonchev–Trinajstić information content (AvgIpc) is 1.97. The first kappa shape index (κ1) is 10.2. The van der Waals surface area contributed by atoms with Crippen molar-refractivity contribution in [2.24, 2.45) is 0 Å². The monoisotopic (exact) mass is 250 g/mol. The van der Waals surface area contributed by atoms with Gasteiger partial charge in [0, 0.05) is 0 Å². The molecule has 0 saturated carbocycles. The van der Waals surface area contributed by atoms with Crippen molar-refractivity contribution in [3.05, 3.63) is 22.3 Å². The maximum atomic E-state index is 2.23. The van der Waals surface area contributed by atoms with Crippen molar-refractivity contribution in [3.8, 4) is 0 Å². The van der Waals surface area contributed by atoms with Crippen LogP contribution in [0.5, 0.6) is 0 Å². The van der Waals surface area contributed by atoms with Gasteiger partial charge in [-0.05, 0) is 16.9 Å². The molecule has 0 aromatic heterocycles. The van der Waals surface area contributed by atoms with E-state index in [1.54, 1.807) is 0 Å². The fourth-order valence-electron chi connectivity index (χ4n) is 0.729. The molecule has 0 N–H and O–H groups in total. The van der Waals surface area contributed by atoms with Crippen LogP contribution in [0, 0.1) is 0 Å². The molecule has 0 rings (SSSR count). The molecule has 0 unspecified atom stereocenters. The second-order valence-electron chi connectivity index (χ2n) is 2.24. The summed E-state index contributed by atoms with van der Waals surface area (Å²) >= 11 is 2.22. The quantitative estimate of drug-likeness (QED) is 0.392. The molecule has 0 nitrogen and oxygen atoms in total. The molecule has 0 fully saturated rings. The molecule has 10 heavy (non-hydrogen) atoms. The van der Waals surface area contributed by atoms with Crippen LogP contribution in [0.1, 0.15) is 32.6 Å². The van der Waals surface area contributed by atoms with E-state index in [4.69, 9.17) is 0 Å². The smallest absolute Gasteiger partial charge is 0.0234 e. The maximum Gasteiger partial charge on any atom is -0.0234 e. The Kier molecular flexibility index (Phi) is 9.40. The molecule has 0 bridgehead atoms. The molecule has 0 aliphatic rings. The number of unbranched alkanes of at least 4 members (excludes halogenated alkanes) is 3. The number of hydrogen-bond donors (Lipinski definition) is 0. The first-order valence-corrected chi connectivity index (χ1v) is 5.08. The van der Waals surface area contributed by atoms with Crippen molar-refractivity contribution < 1.29 is 0 Å². The van der Waals surface area contributed by atoms with Crippen LogP contribution < -0.4 is 0 Å². The van der Waals surface area contributed by atoms with Crippen LogP contribution in [0.4, 0.5) is 0 Å². The van der Waals surface area contributed by atoms with Crippen LogP contribution in [0.15, 0.2) is 22.3 Å². The van der Waals surface area contributed by atoms with Crippen LogP contribution in [-0.4, -0.2) is 0 Å². The van der Waals surface area contributed by atoms with Crippen molar-refractivity contribution in [3.63, 3.8) is 0 Å². The summed E-state index contributed by atoms with van der Waals surface area (Å²) in [6.45, 7) is 2.23. The Bertz CT molecular complexity index is 103. The number of hydrogen-bond acceptors (Lipinski definition) is 0. The van der Waals surface area contributed by atoms with Crippen LogP contribution in [0.25, 0.3) is 0 Å². The third-order valence-electron chi connectivity index (χ3n) is 1.29. The third kappa shape index (κ3) is 8.21. The van der Waals surface area contributed by atoms with Gasteiger partial charge in [-0.25, -0.2) is 0 Å². The summed E-state index contributed by atoms with van der Waals surface area (Å²) < 4.78 is 2.02. The van der Waals surface area contributed by atoms with E-state index in [0.717, 1.165) is 0 Å². The number of halogens is 1. The highest BCUT2D eigenvalue weighted by molar-refractivity contribution is 14.1. The van der Waals surface area contributed by atoms with E-state index in [1.807, 2.05) is 4.08 Å². The maximum absolute atomic E-state index is 2.23. The largest absolute Gasteiger partial charge is 0.0845 e. The first-order valence-electron chi connectivity index (χ1n) is 3.83. The van der Waals surface area contributed by atoms with Gasteiger partial charge in [-0.15, -0.1) is 0 Å². The molecule has 0 radical (unpaired) electrons. The van der Waals surface area contributed by atoms with Gasteiger partial charge in [0.1, 0.15) is 0 Å². The zero-order valence-electron chi connectivity index (χ0n) is 6.52. The van der Waals surface area contributed by atoms with Crippen LogP contribution in [0.2, 0.25) is 0 Å². The van der Waals surface area contributed by atoms with Crippen LogP contribution in [0.3, 0.4) is 0 Å². The SMILES string of the molecule is CCCCCC=CC=CI. The Hall–Kier alpha value is 0.210. The van der Waals surface area contributed by atoms with Gasteiger partial charge in [0.2, 0.25) is 0 Å². The van der Waals surface area contributed by atoms with E-state index in [1.165, 1.54) is 25.7 Å². The summed E-state index contributed by atoms with van der Waals surface area (Å²) in [7, 11) is 0. The molecule has 0 aromatic carbocycles. The van der Waals surface area contributed by atoms with Gasteiger partial charge in [0.25, 0.3) is 0 Å². The average molecular weight is 250 g/mol. The summed E-state index contributed by atoms with van der Waals surface area (Å²) in [5, 5.41) is 0. The van der Waals surface area contributed by atoms with E-state index < -0.39 is 0 Å². The lowest BCUT2D eigenvalue weighted by molar-refractivity contribution is 0.729. The number of rotatable bonds is 5. The lowest BCUT2D eigenvalue weighted by atomic mass is 10.2. The van der Waals surface area contributed by atoms with Crippen LogP contribution in [-0.2, 0) is 0 Å². The molecule has 0 heterocycles. The fraction of sp³-hybridized carbons (Fsp3) is 0.556. The minimum atomic E-state index is 1.23. The van der Waals surface area contributed by atoms with Crippen molar-refractivity contribution in [1.82, 2.24) is 0 Å². The van der Waals surface area contributed by atoms with Gasteiger partial charge >= 0.3 is 0 Å². The molecule has 0 aliphatic heterocycles. The molecule has 0 atom stereocenters. The zero-order valence-corrected chi connectivity index (χ0v) is 8.67. The highest BCUT2D eigenvalue weighted by atomic mass is 127. The Morgan fingerprint density at radius 2 is 2.00 bits per heavy atom. The summed E-state index contributed by atoms with van der Waals surface area (Å²) in [4.78, 5) is 0. The summed E-state index contributed by atoms with van der Waals surface area (Å²) in [5.41, 5.74) is 0. The fourth-order valence-corrected chi connectivity index (χ4v) is 0.969. The summed E-state index contributed by atoms with van der Waals surface area (Å²) in [5.74, 6) is 0. The van der Waals surface area contributed by atoms with E-state index >= 15 is 0 Å². The van der Waals surface area contributed by atoms with E-state index in [0.29, 0.717) is 0 Å². The van der Waals surface area contributed by atoms with Crippen molar-refractivity contribution in [2.45, 2.75) is 32.6 Å². The van der Waals surface area contributed by atoms with Gasteiger partial charge < -0.3 is 0 Å². The van der Waals surface area contributed by atoms with Gasteiger partial charge in [-0.2, -0.15) is 0 Å². The lowest BCUT2D eigenvalue weighted by Crippen LogP contribution is -1.69. The number of allylic oxidation sites excluding steroid dienone is 3.